The van der Waals surface area contributed by atoms with Crippen LogP contribution in [0.1, 0.15) is 20.3 Å². The molecule has 2 heteroatoms. The monoisotopic (exact) mass is 182 g/mol. The molecule has 2 heterocycles. The Kier molecular flexibility index (Phi) is 2.61. The fourth-order valence-corrected chi connectivity index (χ4v) is 2.72. The molecule has 2 unspecified atom stereocenters. The highest BCUT2D eigenvalue weighted by atomic mass is 15.3. The second-order valence-corrected chi connectivity index (χ2v) is 5.15. The van der Waals surface area contributed by atoms with Crippen LogP contribution < -0.4 is 0 Å². The van der Waals surface area contributed by atoms with Crippen molar-refractivity contribution in [1.29, 1.82) is 0 Å². The number of rotatable bonds is 1. The van der Waals surface area contributed by atoms with Crippen LogP contribution in [-0.2, 0) is 0 Å². The Morgan fingerprint density at radius 1 is 1.15 bits per heavy atom. The van der Waals surface area contributed by atoms with Crippen LogP contribution in [0.5, 0.6) is 0 Å². The normalized spacial score (nSPS) is 36.9. The lowest BCUT2D eigenvalue weighted by Gasteiger charge is -2.35. The number of likely N-dealkylation sites (N-methyl/N-ethyl adjacent to an activating group) is 1. The van der Waals surface area contributed by atoms with Gasteiger partial charge < -0.3 is 4.90 Å². The molecule has 13 heavy (non-hydrogen) atoms. The lowest BCUT2D eigenvalue weighted by molar-refractivity contribution is 0.123. The third-order valence-electron chi connectivity index (χ3n) is 3.79. The first-order valence-electron chi connectivity index (χ1n) is 5.59. The van der Waals surface area contributed by atoms with E-state index in [1.807, 2.05) is 0 Å². The first-order valence-corrected chi connectivity index (χ1v) is 5.59. The van der Waals surface area contributed by atoms with E-state index in [-0.39, 0.29) is 0 Å². The minimum Gasteiger partial charge on any atom is -0.304 e. The summed E-state index contributed by atoms with van der Waals surface area (Å²) in [7, 11) is 2.25. The van der Waals surface area contributed by atoms with E-state index in [0.29, 0.717) is 0 Å². The summed E-state index contributed by atoms with van der Waals surface area (Å²) in [6.45, 7) is 9.95. The van der Waals surface area contributed by atoms with Crippen molar-refractivity contribution in [2.75, 3.05) is 33.2 Å². The van der Waals surface area contributed by atoms with Gasteiger partial charge in [0.1, 0.15) is 0 Å². The van der Waals surface area contributed by atoms with Crippen molar-refractivity contribution in [2.24, 2.45) is 11.8 Å². The Labute approximate surface area is 81.9 Å². The van der Waals surface area contributed by atoms with E-state index in [1.54, 1.807) is 0 Å². The zero-order chi connectivity index (χ0) is 9.42. The molecule has 0 N–H and O–H groups in total. The van der Waals surface area contributed by atoms with Gasteiger partial charge in [-0.3, -0.25) is 4.90 Å². The SMILES string of the molecule is CC(C)C1CC2CN(C)CCN2C1. The Morgan fingerprint density at radius 2 is 1.92 bits per heavy atom. The van der Waals surface area contributed by atoms with E-state index in [9.17, 15) is 0 Å². The summed E-state index contributed by atoms with van der Waals surface area (Å²) in [5.74, 6) is 1.83. The Hall–Kier alpha value is -0.0800. The van der Waals surface area contributed by atoms with Crippen molar-refractivity contribution in [2.45, 2.75) is 26.3 Å². The molecule has 0 amide bonds. The van der Waals surface area contributed by atoms with Crippen LogP contribution in [0.25, 0.3) is 0 Å². The second-order valence-electron chi connectivity index (χ2n) is 5.15. The molecule has 2 rings (SSSR count). The van der Waals surface area contributed by atoms with Crippen LogP contribution >= 0.6 is 0 Å². The average Bonchev–Trinajstić information content (AvgIpc) is 2.46. The smallest absolute Gasteiger partial charge is 0.0226 e. The average molecular weight is 182 g/mol. The molecule has 2 aliphatic rings. The van der Waals surface area contributed by atoms with Crippen molar-refractivity contribution in [3.05, 3.63) is 0 Å². The topological polar surface area (TPSA) is 6.48 Å². The maximum Gasteiger partial charge on any atom is 0.0226 e. The zero-order valence-corrected chi connectivity index (χ0v) is 9.16. The molecule has 2 fully saturated rings. The molecule has 0 aromatic carbocycles. The highest BCUT2D eigenvalue weighted by Crippen LogP contribution is 2.30. The van der Waals surface area contributed by atoms with E-state index in [4.69, 9.17) is 0 Å². The van der Waals surface area contributed by atoms with Crippen molar-refractivity contribution in [1.82, 2.24) is 9.80 Å². The molecule has 2 saturated heterocycles. The van der Waals surface area contributed by atoms with Gasteiger partial charge in [0.25, 0.3) is 0 Å². The number of hydrogen-bond donors (Lipinski definition) is 0. The number of piperazine rings is 1. The molecular formula is C11H22N2. The minimum atomic E-state index is 0.867. The molecule has 0 aromatic rings. The van der Waals surface area contributed by atoms with Crippen LogP contribution in [0.2, 0.25) is 0 Å². The Bertz CT molecular complexity index is 179. The molecule has 0 saturated carbocycles. The van der Waals surface area contributed by atoms with E-state index in [0.717, 1.165) is 17.9 Å². The maximum absolute atomic E-state index is 2.70. The molecule has 2 atom stereocenters. The molecule has 76 valence electrons. The number of hydrogen-bond acceptors (Lipinski definition) is 2. The minimum absolute atomic E-state index is 0.867. The molecule has 0 bridgehead atoms. The van der Waals surface area contributed by atoms with Crippen LogP contribution in [-0.4, -0.2) is 49.1 Å². The molecule has 2 nitrogen and oxygen atoms in total. The fraction of sp³-hybridized carbons (Fsp3) is 1.00. The first kappa shape index (κ1) is 9.47. The van der Waals surface area contributed by atoms with Gasteiger partial charge in [0.05, 0.1) is 0 Å². The second kappa shape index (κ2) is 3.58. The quantitative estimate of drug-likeness (QED) is 0.603. The number of nitrogens with zero attached hydrogens (tertiary/aromatic N) is 2. The third-order valence-corrected chi connectivity index (χ3v) is 3.79. The van der Waals surface area contributed by atoms with Crippen molar-refractivity contribution < 1.29 is 0 Å². The Balaban J connectivity index is 1.94. The summed E-state index contributed by atoms with van der Waals surface area (Å²) in [6.07, 6.45) is 1.43. The largest absolute Gasteiger partial charge is 0.304 e. The Morgan fingerprint density at radius 3 is 2.62 bits per heavy atom. The van der Waals surface area contributed by atoms with Gasteiger partial charge in [-0.25, -0.2) is 0 Å². The third kappa shape index (κ3) is 1.89. The molecule has 0 aromatic heterocycles. The molecule has 0 radical (unpaired) electrons. The van der Waals surface area contributed by atoms with Crippen LogP contribution in [0.15, 0.2) is 0 Å². The van der Waals surface area contributed by atoms with Crippen LogP contribution in [0.3, 0.4) is 0 Å². The van der Waals surface area contributed by atoms with Crippen LogP contribution in [0.4, 0.5) is 0 Å². The highest BCUT2D eigenvalue weighted by molar-refractivity contribution is 4.91. The van der Waals surface area contributed by atoms with E-state index in [2.05, 4.69) is 30.7 Å². The molecule has 0 aliphatic carbocycles. The van der Waals surface area contributed by atoms with Crippen molar-refractivity contribution >= 4 is 0 Å². The van der Waals surface area contributed by atoms with Gasteiger partial charge in [-0.15, -0.1) is 0 Å². The van der Waals surface area contributed by atoms with Gasteiger partial charge in [-0.2, -0.15) is 0 Å². The standard InChI is InChI=1S/C11H22N2/c1-9(2)10-6-11-8-12(3)4-5-13(11)7-10/h9-11H,4-8H2,1-3H3. The van der Waals surface area contributed by atoms with Crippen LogP contribution in [0, 0.1) is 11.8 Å². The fourth-order valence-electron chi connectivity index (χ4n) is 2.72. The summed E-state index contributed by atoms with van der Waals surface area (Å²) in [6, 6.07) is 0.867. The van der Waals surface area contributed by atoms with Gasteiger partial charge in [0.2, 0.25) is 0 Å². The zero-order valence-electron chi connectivity index (χ0n) is 9.16. The number of fused-ring (bicyclic) bond motifs is 1. The van der Waals surface area contributed by atoms with Gasteiger partial charge >= 0.3 is 0 Å². The molecular weight excluding hydrogens is 160 g/mol. The maximum atomic E-state index is 2.70. The van der Waals surface area contributed by atoms with E-state index in [1.165, 1.54) is 32.6 Å². The summed E-state index contributed by atoms with van der Waals surface area (Å²) >= 11 is 0. The van der Waals surface area contributed by atoms with Gasteiger partial charge in [0, 0.05) is 32.2 Å². The predicted octanol–water partition coefficient (Wildman–Crippen LogP) is 1.28. The molecule has 0 spiro atoms. The van der Waals surface area contributed by atoms with Gasteiger partial charge in [0.15, 0.2) is 0 Å². The van der Waals surface area contributed by atoms with E-state index < -0.39 is 0 Å². The summed E-state index contributed by atoms with van der Waals surface area (Å²) < 4.78 is 0. The predicted molar refractivity (Wildman–Crippen MR) is 55.8 cm³/mol. The highest BCUT2D eigenvalue weighted by Gasteiger charge is 2.35. The van der Waals surface area contributed by atoms with Crippen molar-refractivity contribution in [3.63, 3.8) is 0 Å². The van der Waals surface area contributed by atoms with Crippen molar-refractivity contribution in [3.8, 4) is 0 Å². The van der Waals surface area contributed by atoms with Gasteiger partial charge in [-0.1, -0.05) is 13.8 Å². The lowest BCUT2D eigenvalue weighted by Crippen LogP contribution is -2.48. The molecule has 2 aliphatic heterocycles. The summed E-state index contributed by atoms with van der Waals surface area (Å²) in [5, 5.41) is 0. The van der Waals surface area contributed by atoms with E-state index >= 15 is 0 Å². The lowest BCUT2D eigenvalue weighted by atomic mass is 9.93. The summed E-state index contributed by atoms with van der Waals surface area (Å²) in [4.78, 5) is 5.18. The summed E-state index contributed by atoms with van der Waals surface area (Å²) in [5.41, 5.74) is 0. The van der Waals surface area contributed by atoms with Gasteiger partial charge in [-0.05, 0) is 25.3 Å². The first-order chi connectivity index (χ1) is 6.16.